The van der Waals surface area contributed by atoms with E-state index in [1.54, 1.807) is 0 Å². The maximum Gasteiger partial charge on any atom is 0.0730 e. The van der Waals surface area contributed by atoms with Gasteiger partial charge in [0.15, 0.2) is 0 Å². The minimum atomic E-state index is 0.387. The van der Waals surface area contributed by atoms with Crippen molar-refractivity contribution in [1.82, 2.24) is 4.90 Å². The number of allylic oxidation sites excluding steroid dienone is 4. The molecule has 1 fully saturated rings. The molecular formula is C33H49NS3. The molecular weight excluding hydrogens is 507 g/mol. The molecule has 4 aliphatic rings. The van der Waals surface area contributed by atoms with Crippen LogP contribution in [0.1, 0.15) is 104 Å². The second kappa shape index (κ2) is 15.8. The van der Waals surface area contributed by atoms with Gasteiger partial charge < -0.3 is 4.90 Å². The van der Waals surface area contributed by atoms with Gasteiger partial charge in [-0.3, -0.25) is 0 Å². The van der Waals surface area contributed by atoms with Crippen molar-refractivity contribution in [3.05, 3.63) is 58.4 Å². The zero-order valence-electron chi connectivity index (χ0n) is 23.4. The Morgan fingerprint density at radius 2 is 1.59 bits per heavy atom. The quantitative estimate of drug-likeness (QED) is 0.146. The van der Waals surface area contributed by atoms with Crippen molar-refractivity contribution in [1.29, 1.82) is 0 Å². The third kappa shape index (κ3) is 8.15. The molecule has 0 bridgehead atoms. The van der Waals surface area contributed by atoms with Crippen molar-refractivity contribution in [2.45, 2.75) is 115 Å². The van der Waals surface area contributed by atoms with Crippen LogP contribution in [-0.4, -0.2) is 44.9 Å². The Morgan fingerprint density at radius 1 is 0.865 bits per heavy atom. The molecule has 0 aromatic carbocycles. The molecule has 2 heterocycles. The average Bonchev–Trinajstić information content (AvgIpc) is 2.93. The third-order valence-corrected chi connectivity index (χ3v) is 11.5. The van der Waals surface area contributed by atoms with Crippen LogP contribution in [-0.2, 0) is 0 Å². The lowest BCUT2D eigenvalue weighted by atomic mass is 9.82. The average molecular weight is 556 g/mol. The summed E-state index contributed by atoms with van der Waals surface area (Å²) < 4.78 is 0. The van der Waals surface area contributed by atoms with Gasteiger partial charge in [-0.1, -0.05) is 115 Å². The predicted octanol–water partition coefficient (Wildman–Crippen LogP) is 10.0. The smallest absolute Gasteiger partial charge is 0.0730 e. The normalized spacial score (nSPS) is 23.5. The topological polar surface area (TPSA) is 3.24 Å². The first-order chi connectivity index (χ1) is 18.2. The van der Waals surface area contributed by atoms with E-state index < -0.39 is 0 Å². The summed E-state index contributed by atoms with van der Waals surface area (Å²) in [6.45, 7) is 5.76. The Balaban J connectivity index is 1.51. The van der Waals surface area contributed by atoms with Gasteiger partial charge in [-0.05, 0) is 42.1 Å². The molecule has 0 aromatic rings. The van der Waals surface area contributed by atoms with Crippen molar-refractivity contribution in [3.8, 4) is 0 Å². The Hall–Kier alpha value is -0.710. The minimum absolute atomic E-state index is 0.387. The van der Waals surface area contributed by atoms with Crippen molar-refractivity contribution in [2.24, 2.45) is 0 Å². The second-order valence-electron chi connectivity index (χ2n) is 11.1. The molecule has 204 valence electrons. The van der Waals surface area contributed by atoms with Crippen LogP contribution in [0.4, 0.5) is 0 Å². The molecule has 0 saturated carbocycles. The maximum absolute atomic E-state index is 5.99. The summed E-state index contributed by atoms with van der Waals surface area (Å²) in [5.74, 6) is 3.83. The number of unbranched alkanes of at least 4 members (excludes halogenated alkanes) is 10. The summed E-state index contributed by atoms with van der Waals surface area (Å²) in [6.07, 6.45) is 30.8. The zero-order chi connectivity index (χ0) is 25.9. The third-order valence-electron chi connectivity index (χ3n) is 8.24. The predicted molar refractivity (Wildman–Crippen MR) is 173 cm³/mol. The lowest BCUT2D eigenvalue weighted by Gasteiger charge is -2.43. The van der Waals surface area contributed by atoms with Crippen LogP contribution in [0.15, 0.2) is 58.4 Å². The fourth-order valence-electron chi connectivity index (χ4n) is 6.09. The summed E-state index contributed by atoms with van der Waals surface area (Å²) in [4.78, 5) is 3.92. The molecule has 4 rings (SSSR count). The number of hydrogen-bond acceptors (Lipinski definition) is 4. The molecule has 4 heteroatoms. The highest BCUT2D eigenvalue weighted by Crippen LogP contribution is 2.41. The summed E-state index contributed by atoms with van der Waals surface area (Å²) in [6, 6.07) is 0.387. The van der Waals surface area contributed by atoms with Gasteiger partial charge in [0.2, 0.25) is 0 Å². The molecule has 0 aromatic heterocycles. The first-order valence-electron chi connectivity index (χ1n) is 15.3. The number of rotatable bonds is 15. The highest BCUT2D eigenvalue weighted by molar-refractivity contribution is 8.06. The maximum atomic E-state index is 5.99. The number of nitrogens with zero attached hydrogens (tertiary/aromatic N) is 1. The molecule has 2 unspecified atom stereocenters. The van der Waals surface area contributed by atoms with E-state index in [0.29, 0.717) is 11.3 Å². The number of thioether (sulfide) groups is 2. The van der Waals surface area contributed by atoms with Crippen LogP contribution < -0.4 is 0 Å². The van der Waals surface area contributed by atoms with Gasteiger partial charge in [-0.25, -0.2) is 0 Å². The van der Waals surface area contributed by atoms with Gasteiger partial charge in [0, 0.05) is 51.6 Å². The van der Waals surface area contributed by atoms with E-state index in [-0.39, 0.29) is 0 Å². The SMILES string of the molecule is CCCCCCCCCCC1=C2C=C3C=C(C4CSCCS4)C=CC3N(CCCCCC)C2=CCC1=S. The Morgan fingerprint density at radius 3 is 2.32 bits per heavy atom. The van der Waals surface area contributed by atoms with Crippen LogP contribution >= 0.6 is 35.7 Å². The summed E-state index contributed by atoms with van der Waals surface area (Å²) in [5.41, 5.74) is 7.43. The van der Waals surface area contributed by atoms with Crippen LogP contribution in [0.2, 0.25) is 0 Å². The van der Waals surface area contributed by atoms with Gasteiger partial charge in [0.05, 0.1) is 6.04 Å². The standard InChI is InChI=1S/C33H49NS3/c1-3-5-7-9-10-11-12-13-15-28-29-24-27-23-26(33-25-36-21-22-37-33)16-17-30(27)34(20-14-8-6-4-2)31(29)18-19-32(28)35/h16-18,23-24,30,33H,3-15,19-22,25H2,1-2H3. The molecule has 1 nitrogen and oxygen atoms in total. The van der Waals surface area contributed by atoms with Gasteiger partial charge in [0.1, 0.15) is 0 Å². The molecule has 37 heavy (non-hydrogen) atoms. The Bertz CT molecular complexity index is 916. The fraction of sp³-hybridized carbons (Fsp3) is 0.667. The molecule has 0 N–H and O–H groups in total. The fourth-order valence-corrected chi connectivity index (χ4v) is 9.11. The van der Waals surface area contributed by atoms with E-state index in [9.17, 15) is 0 Å². The molecule has 1 saturated heterocycles. The highest BCUT2D eigenvalue weighted by Gasteiger charge is 2.33. The van der Waals surface area contributed by atoms with E-state index in [0.717, 1.165) is 19.4 Å². The van der Waals surface area contributed by atoms with Crippen molar-refractivity contribution < 1.29 is 0 Å². The Labute approximate surface area is 241 Å². The lowest BCUT2D eigenvalue weighted by molar-refractivity contribution is 0.310. The summed E-state index contributed by atoms with van der Waals surface area (Å²) >= 11 is 10.3. The van der Waals surface area contributed by atoms with Crippen molar-refractivity contribution in [2.75, 3.05) is 23.8 Å². The van der Waals surface area contributed by atoms with E-state index in [4.69, 9.17) is 12.2 Å². The molecule has 0 amide bonds. The number of thiocarbonyl (C=S) groups is 1. The molecule has 0 spiro atoms. The van der Waals surface area contributed by atoms with Gasteiger partial charge >= 0.3 is 0 Å². The molecule has 2 aliphatic heterocycles. The van der Waals surface area contributed by atoms with Crippen LogP contribution in [0.25, 0.3) is 0 Å². The zero-order valence-corrected chi connectivity index (χ0v) is 25.9. The van der Waals surface area contributed by atoms with E-state index in [1.165, 1.54) is 127 Å². The van der Waals surface area contributed by atoms with Crippen LogP contribution in [0, 0.1) is 0 Å². The molecule has 0 radical (unpaired) electrons. The van der Waals surface area contributed by atoms with Gasteiger partial charge in [-0.15, -0.1) is 0 Å². The number of fused-ring (bicyclic) bond motifs is 2. The molecule has 2 atom stereocenters. The Kier molecular flexibility index (Phi) is 12.5. The first kappa shape index (κ1) is 29.3. The first-order valence-corrected chi connectivity index (χ1v) is 17.9. The monoisotopic (exact) mass is 555 g/mol. The highest BCUT2D eigenvalue weighted by atomic mass is 32.2. The van der Waals surface area contributed by atoms with Crippen LogP contribution in [0.3, 0.4) is 0 Å². The van der Waals surface area contributed by atoms with Crippen molar-refractivity contribution >= 4 is 40.6 Å². The molecule has 2 aliphatic carbocycles. The van der Waals surface area contributed by atoms with Crippen LogP contribution in [0.5, 0.6) is 0 Å². The summed E-state index contributed by atoms with van der Waals surface area (Å²) in [5, 5.41) is 0.644. The number of hydrogen-bond donors (Lipinski definition) is 0. The van der Waals surface area contributed by atoms with E-state index in [1.807, 2.05) is 0 Å². The minimum Gasteiger partial charge on any atom is -0.361 e. The van der Waals surface area contributed by atoms with E-state index in [2.05, 4.69) is 72.7 Å². The van der Waals surface area contributed by atoms with Crippen molar-refractivity contribution in [3.63, 3.8) is 0 Å². The van der Waals surface area contributed by atoms with Gasteiger partial charge in [-0.2, -0.15) is 23.5 Å². The lowest BCUT2D eigenvalue weighted by Crippen LogP contribution is -2.41. The largest absolute Gasteiger partial charge is 0.361 e. The van der Waals surface area contributed by atoms with Gasteiger partial charge in [0.25, 0.3) is 0 Å². The van der Waals surface area contributed by atoms with E-state index >= 15 is 0 Å². The second-order valence-corrected chi connectivity index (χ2v) is 14.1. The summed E-state index contributed by atoms with van der Waals surface area (Å²) in [7, 11) is 0.